The van der Waals surface area contributed by atoms with E-state index in [1.165, 1.54) is 0 Å². The second-order valence-corrected chi connectivity index (χ2v) is 4.32. The summed E-state index contributed by atoms with van der Waals surface area (Å²) in [6, 6.07) is 0. The van der Waals surface area contributed by atoms with Crippen LogP contribution in [0.5, 0.6) is 0 Å². The number of aromatic nitrogens is 1. The average Bonchev–Trinajstić information content (AvgIpc) is 2.65. The van der Waals surface area contributed by atoms with Crippen molar-refractivity contribution in [2.24, 2.45) is 0 Å². The van der Waals surface area contributed by atoms with Gasteiger partial charge in [-0.25, -0.2) is 0 Å². The molecule has 2 rings (SSSR count). The van der Waals surface area contributed by atoms with E-state index in [0.717, 1.165) is 37.5 Å². The summed E-state index contributed by atoms with van der Waals surface area (Å²) in [6.07, 6.45) is 0.304. The normalized spacial score (nSPS) is 16.7. The first kappa shape index (κ1) is 10.4. The molecule has 0 aliphatic carbocycles. The van der Waals surface area contributed by atoms with Crippen LogP contribution in [0.15, 0.2) is 10.2 Å². The van der Waals surface area contributed by atoms with E-state index in [2.05, 4.69) is 10.3 Å². The fourth-order valence-electron chi connectivity index (χ4n) is 1.59. The smallest absolute Gasteiger partial charge is 0.304 e. The highest BCUT2D eigenvalue weighted by atomic mass is 32.1. The molecule has 1 fully saturated rings. The van der Waals surface area contributed by atoms with Gasteiger partial charge in [-0.3, -0.25) is 9.59 Å². The number of nitrogens with one attached hydrogen (secondary N) is 2. The highest BCUT2D eigenvalue weighted by Gasteiger charge is 2.16. The number of carbonyl (C=O) groups is 1. The predicted molar refractivity (Wildman–Crippen MR) is 58.1 cm³/mol. The Balaban J connectivity index is 1.93. The maximum Gasteiger partial charge on any atom is 0.304 e. The summed E-state index contributed by atoms with van der Waals surface area (Å²) in [5.41, 5.74) is 0.716. The van der Waals surface area contributed by atoms with E-state index < -0.39 is 0 Å². The molecule has 0 radical (unpaired) electrons. The Hall–Kier alpha value is -1.14. The molecule has 0 atom stereocenters. The Morgan fingerprint density at radius 1 is 1.47 bits per heavy atom. The molecular formula is C9H13N3O2S. The molecule has 2 N–H and O–H groups in total. The van der Waals surface area contributed by atoms with Crippen molar-refractivity contribution in [3.05, 3.63) is 20.7 Å². The third-order valence-electron chi connectivity index (χ3n) is 2.38. The van der Waals surface area contributed by atoms with Crippen LogP contribution in [0.2, 0.25) is 0 Å². The summed E-state index contributed by atoms with van der Waals surface area (Å²) in [4.78, 5) is 27.0. The fraction of sp³-hybridized carbons (Fsp3) is 0.556. The number of H-pyrrole nitrogens is 1. The van der Waals surface area contributed by atoms with Crippen LogP contribution >= 0.6 is 11.3 Å². The van der Waals surface area contributed by atoms with Crippen LogP contribution in [-0.2, 0) is 11.2 Å². The molecule has 0 saturated carbocycles. The highest BCUT2D eigenvalue weighted by molar-refractivity contribution is 7.07. The van der Waals surface area contributed by atoms with Crippen LogP contribution in [0.3, 0.4) is 0 Å². The summed E-state index contributed by atoms with van der Waals surface area (Å²) in [5.74, 6) is 0.0885. The van der Waals surface area contributed by atoms with Crippen molar-refractivity contribution in [2.45, 2.75) is 6.42 Å². The summed E-state index contributed by atoms with van der Waals surface area (Å²) >= 11 is 1.10. The number of aromatic amines is 1. The predicted octanol–water partition coefficient (Wildman–Crippen LogP) is -0.589. The Kier molecular flexibility index (Phi) is 3.17. The number of rotatable bonds is 2. The number of piperazine rings is 1. The number of nitrogens with zero attached hydrogens (tertiary/aromatic N) is 1. The lowest BCUT2D eigenvalue weighted by molar-refractivity contribution is -0.131. The van der Waals surface area contributed by atoms with Crippen LogP contribution in [0, 0.1) is 0 Å². The molecule has 1 aliphatic rings. The zero-order valence-electron chi connectivity index (χ0n) is 8.28. The maximum atomic E-state index is 11.8. The topological polar surface area (TPSA) is 65.2 Å². The number of hydrogen-bond acceptors (Lipinski definition) is 4. The van der Waals surface area contributed by atoms with Crippen molar-refractivity contribution in [3.63, 3.8) is 0 Å². The minimum atomic E-state index is -0.0990. The van der Waals surface area contributed by atoms with E-state index in [1.54, 1.807) is 5.38 Å². The summed E-state index contributed by atoms with van der Waals surface area (Å²) in [6.45, 7) is 3.22. The minimum absolute atomic E-state index is 0.0885. The van der Waals surface area contributed by atoms with Crippen molar-refractivity contribution in [1.82, 2.24) is 15.2 Å². The lowest BCUT2D eigenvalue weighted by Gasteiger charge is -2.27. The van der Waals surface area contributed by atoms with E-state index in [1.807, 2.05) is 4.90 Å². The zero-order valence-corrected chi connectivity index (χ0v) is 9.10. The standard InChI is InChI=1S/C9H13N3O2S/c13-8(12-3-1-10-2-4-12)5-7-6-15-9(14)11-7/h6,10H,1-5H2,(H,11,14). The van der Waals surface area contributed by atoms with Gasteiger partial charge in [0, 0.05) is 37.3 Å². The Morgan fingerprint density at radius 3 is 2.80 bits per heavy atom. The van der Waals surface area contributed by atoms with Crippen LogP contribution in [-0.4, -0.2) is 42.0 Å². The molecule has 0 aromatic carbocycles. The van der Waals surface area contributed by atoms with Gasteiger partial charge in [0.25, 0.3) is 0 Å². The largest absolute Gasteiger partial charge is 0.340 e. The van der Waals surface area contributed by atoms with Crippen molar-refractivity contribution < 1.29 is 4.79 Å². The SMILES string of the molecule is O=C(Cc1csc(=O)[nH]1)N1CCNCC1. The summed E-state index contributed by atoms with van der Waals surface area (Å²) < 4.78 is 0. The van der Waals surface area contributed by atoms with Gasteiger partial charge in [0.2, 0.25) is 5.91 Å². The van der Waals surface area contributed by atoms with Gasteiger partial charge in [-0.15, -0.1) is 0 Å². The molecule has 0 spiro atoms. The van der Waals surface area contributed by atoms with E-state index in [9.17, 15) is 9.59 Å². The molecule has 0 unspecified atom stereocenters. The lowest BCUT2D eigenvalue weighted by Crippen LogP contribution is -2.47. The lowest BCUT2D eigenvalue weighted by atomic mass is 10.2. The summed E-state index contributed by atoms with van der Waals surface area (Å²) in [5, 5.41) is 4.90. The number of hydrogen-bond donors (Lipinski definition) is 2. The molecular weight excluding hydrogens is 214 g/mol. The fourth-order valence-corrected chi connectivity index (χ4v) is 2.17. The van der Waals surface area contributed by atoms with Crippen molar-refractivity contribution in [3.8, 4) is 0 Å². The van der Waals surface area contributed by atoms with Gasteiger partial charge >= 0.3 is 4.87 Å². The molecule has 1 aromatic heterocycles. The van der Waals surface area contributed by atoms with E-state index >= 15 is 0 Å². The van der Waals surface area contributed by atoms with E-state index in [-0.39, 0.29) is 10.8 Å². The Labute approximate surface area is 91.1 Å². The van der Waals surface area contributed by atoms with Gasteiger partial charge < -0.3 is 15.2 Å². The van der Waals surface area contributed by atoms with Crippen LogP contribution in [0.4, 0.5) is 0 Å². The first-order chi connectivity index (χ1) is 7.25. The number of thiazole rings is 1. The molecule has 1 aliphatic heterocycles. The van der Waals surface area contributed by atoms with Crippen LogP contribution in [0.25, 0.3) is 0 Å². The van der Waals surface area contributed by atoms with E-state index in [0.29, 0.717) is 12.1 Å². The Morgan fingerprint density at radius 2 is 2.20 bits per heavy atom. The maximum absolute atomic E-state index is 11.8. The number of amides is 1. The first-order valence-electron chi connectivity index (χ1n) is 4.91. The molecule has 1 aromatic rings. The summed E-state index contributed by atoms with van der Waals surface area (Å²) in [7, 11) is 0. The molecule has 82 valence electrons. The van der Waals surface area contributed by atoms with Gasteiger partial charge in [0.15, 0.2) is 0 Å². The Bertz CT molecular complexity index is 392. The molecule has 2 heterocycles. The van der Waals surface area contributed by atoms with E-state index in [4.69, 9.17) is 0 Å². The van der Waals surface area contributed by atoms with Crippen molar-refractivity contribution in [2.75, 3.05) is 26.2 Å². The van der Waals surface area contributed by atoms with Gasteiger partial charge in [0.1, 0.15) is 0 Å². The third-order valence-corrected chi connectivity index (χ3v) is 3.10. The first-order valence-corrected chi connectivity index (χ1v) is 5.79. The second-order valence-electron chi connectivity index (χ2n) is 3.48. The van der Waals surface area contributed by atoms with Gasteiger partial charge in [-0.1, -0.05) is 11.3 Å². The van der Waals surface area contributed by atoms with Crippen molar-refractivity contribution in [1.29, 1.82) is 0 Å². The molecule has 15 heavy (non-hydrogen) atoms. The molecule has 0 bridgehead atoms. The third kappa shape index (κ3) is 2.66. The van der Waals surface area contributed by atoms with Gasteiger partial charge in [-0.2, -0.15) is 0 Å². The average molecular weight is 227 g/mol. The quantitative estimate of drug-likeness (QED) is 0.710. The van der Waals surface area contributed by atoms with Gasteiger partial charge in [-0.05, 0) is 0 Å². The molecule has 6 heteroatoms. The second kappa shape index (κ2) is 4.59. The molecule has 5 nitrogen and oxygen atoms in total. The van der Waals surface area contributed by atoms with Gasteiger partial charge in [0.05, 0.1) is 6.42 Å². The van der Waals surface area contributed by atoms with Crippen LogP contribution < -0.4 is 10.2 Å². The van der Waals surface area contributed by atoms with Crippen molar-refractivity contribution >= 4 is 17.2 Å². The van der Waals surface area contributed by atoms with Crippen LogP contribution in [0.1, 0.15) is 5.69 Å². The number of carbonyl (C=O) groups excluding carboxylic acids is 1. The molecule has 1 saturated heterocycles. The minimum Gasteiger partial charge on any atom is -0.340 e. The highest BCUT2D eigenvalue weighted by Crippen LogP contribution is 2.02. The molecule has 1 amide bonds. The monoisotopic (exact) mass is 227 g/mol. The zero-order chi connectivity index (χ0) is 10.7.